The number of aromatic nitrogens is 5. The molecular weight excluding hydrogens is 478 g/mol. The number of ether oxygens (including phenoxy) is 2. The van der Waals surface area contributed by atoms with Crippen molar-refractivity contribution < 1.29 is 19.0 Å². The minimum absolute atomic E-state index is 0.0943. The molecule has 0 aliphatic heterocycles. The number of rotatable bonds is 11. The minimum atomic E-state index is -0.527. The van der Waals surface area contributed by atoms with E-state index >= 15 is 0 Å². The highest BCUT2D eigenvalue weighted by Crippen LogP contribution is 2.29. The zero-order valence-corrected chi connectivity index (χ0v) is 19.5. The fourth-order valence-electron chi connectivity index (χ4n) is 3.60. The van der Waals surface area contributed by atoms with E-state index in [1.165, 1.54) is 6.07 Å². The molecule has 1 N–H and O–H groups in total. The van der Waals surface area contributed by atoms with E-state index in [4.69, 9.17) is 14.5 Å². The predicted octanol–water partition coefficient (Wildman–Crippen LogP) is 4.16. The number of nitro groups is 1. The molecule has 1 aromatic carbocycles. The van der Waals surface area contributed by atoms with E-state index in [-0.39, 0.29) is 11.2 Å². The SMILES string of the molecule is O=[N+]([O-])c1ccc(NCCOCCOc2cc(-c3ccccn3)nc(-c3ccccn3)c2)c2nonc12. The summed E-state index contributed by atoms with van der Waals surface area (Å²) in [7, 11) is 0. The monoisotopic (exact) mass is 499 g/mol. The molecule has 12 nitrogen and oxygen atoms in total. The maximum absolute atomic E-state index is 11.1. The van der Waals surface area contributed by atoms with Crippen LogP contribution in [0.25, 0.3) is 33.8 Å². The number of anilines is 1. The summed E-state index contributed by atoms with van der Waals surface area (Å²) in [6.07, 6.45) is 3.43. The van der Waals surface area contributed by atoms with Crippen molar-refractivity contribution in [3.8, 4) is 28.5 Å². The van der Waals surface area contributed by atoms with Crippen molar-refractivity contribution >= 4 is 22.4 Å². The molecule has 0 unspecified atom stereocenters. The van der Waals surface area contributed by atoms with Crippen molar-refractivity contribution in [2.24, 2.45) is 0 Å². The Bertz CT molecular complexity index is 1440. The summed E-state index contributed by atoms with van der Waals surface area (Å²) < 4.78 is 16.3. The van der Waals surface area contributed by atoms with Gasteiger partial charge in [0.1, 0.15) is 12.4 Å². The summed E-state index contributed by atoms with van der Waals surface area (Å²) in [6, 6.07) is 17.9. The van der Waals surface area contributed by atoms with Crippen LogP contribution in [0.2, 0.25) is 0 Å². The smallest absolute Gasteiger partial charge is 0.300 e. The number of pyridine rings is 3. The first-order valence-electron chi connectivity index (χ1n) is 11.4. The molecule has 4 aromatic heterocycles. The summed E-state index contributed by atoms with van der Waals surface area (Å²) in [4.78, 5) is 24.1. The van der Waals surface area contributed by atoms with E-state index in [9.17, 15) is 10.1 Å². The third-order valence-electron chi connectivity index (χ3n) is 5.30. The number of hydrogen-bond donors (Lipinski definition) is 1. The molecule has 186 valence electrons. The second-order valence-electron chi connectivity index (χ2n) is 7.74. The molecule has 0 aliphatic carbocycles. The van der Waals surface area contributed by atoms with E-state index < -0.39 is 4.92 Å². The van der Waals surface area contributed by atoms with Crippen LogP contribution in [0.3, 0.4) is 0 Å². The summed E-state index contributed by atoms with van der Waals surface area (Å²) in [5, 5.41) is 21.6. The van der Waals surface area contributed by atoms with Gasteiger partial charge in [0.25, 0.3) is 0 Å². The van der Waals surface area contributed by atoms with Gasteiger partial charge in [-0.25, -0.2) is 9.61 Å². The van der Waals surface area contributed by atoms with E-state index in [1.807, 2.05) is 48.5 Å². The van der Waals surface area contributed by atoms with Gasteiger partial charge in [-0.2, -0.15) is 0 Å². The van der Waals surface area contributed by atoms with Gasteiger partial charge in [0, 0.05) is 37.1 Å². The van der Waals surface area contributed by atoms with Crippen LogP contribution in [0.5, 0.6) is 5.75 Å². The van der Waals surface area contributed by atoms with Crippen LogP contribution in [0.15, 0.2) is 77.7 Å². The standard InChI is InChI=1S/C25H21N7O5/c33-32(34)23-8-7-20(24-25(23)31-37-30-24)28-11-12-35-13-14-36-17-15-21(18-5-1-3-9-26-18)29-22(16-17)19-6-2-4-10-27-19/h1-10,15-16,28H,11-14H2. The van der Waals surface area contributed by atoms with Crippen molar-refractivity contribution in [2.45, 2.75) is 0 Å². The lowest BCUT2D eigenvalue weighted by Gasteiger charge is -2.11. The van der Waals surface area contributed by atoms with Gasteiger partial charge in [-0.05, 0) is 40.6 Å². The number of nitrogens with zero attached hydrogens (tertiary/aromatic N) is 6. The summed E-state index contributed by atoms with van der Waals surface area (Å²) >= 11 is 0. The lowest BCUT2D eigenvalue weighted by molar-refractivity contribution is -0.383. The molecule has 37 heavy (non-hydrogen) atoms. The molecule has 12 heteroatoms. The number of nitro benzene ring substituents is 1. The zero-order valence-electron chi connectivity index (χ0n) is 19.5. The summed E-state index contributed by atoms with van der Waals surface area (Å²) in [6.45, 7) is 1.50. The lowest BCUT2D eigenvalue weighted by Crippen LogP contribution is -2.14. The average Bonchev–Trinajstić information content (AvgIpc) is 3.43. The van der Waals surface area contributed by atoms with Gasteiger partial charge in [0.15, 0.2) is 5.52 Å². The molecule has 5 aromatic rings. The second kappa shape index (κ2) is 11.2. The molecule has 0 aliphatic rings. The van der Waals surface area contributed by atoms with Crippen molar-refractivity contribution in [3.05, 3.63) is 83.2 Å². The Morgan fingerprint density at radius 3 is 2.19 bits per heavy atom. The number of hydrogen-bond acceptors (Lipinski definition) is 11. The first-order chi connectivity index (χ1) is 18.2. The van der Waals surface area contributed by atoms with E-state index in [2.05, 4.69) is 30.2 Å². The van der Waals surface area contributed by atoms with Gasteiger partial charge in [0.2, 0.25) is 5.52 Å². The van der Waals surface area contributed by atoms with Gasteiger partial charge in [-0.3, -0.25) is 20.1 Å². The number of fused-ring (bicyclic) bond motifs is 1. The normalized spacial score (nSPS) is 10.9. The first kappa shape index (κ1) is 23.8. The van der Waals surface area contributed by atoms with Crippen molar-refractivity contribution in [1.29, 1.82) is 0 Å². The van der Waals surface area contributed by atoms with Crippen LogP contribution >= 0.6 is 0 Å². The van der Waals surface area contributed by atoms with Crippen LogP contribution in [0.1, 0.15) is 0 Å². The van der Waals surface area contributed by atoms with Crippen molar-refractivity contribution in [1.82, 2.24) is 25.3 Å². The quantitative estimate of drug-likeness (QED) is 0.158. The largest absolute Gasteiger partial charge is 0.491 e. The molecule has 0 radical (unpaired) electrons. The Morgan fingerprint density at radius 2 is 1.54 bits per heavy atom. The minimum Gasteiger partial charge on any atom is -0.491 e. The number of non-ortho nitro benzene ring substituents is 1. The predicted molar refractivity (Wildman–Crippen MR) is 134 cm³/mol. The second-order valence-corrected chi connectivity index (χ2v) is 7.74. The van der Waals surface area contributed by atoms with E-state index in [0.717, 1.165) is 11.4 Å². The van der Waals surface area contributed by atoms with Crippen LogP contribution < -0.4 is 10.1 Å². The Labute approximate surface area is 210 Å². The fraction of sp³-hybridized carbons (Fsp3) is 0.160. The molecule has 4 heterocycles. The van der Waals surface area contributed by atoms with Crippen molar-refractivity contribution in [3.63, 3.8) is 0 Å². The van der Waals surface area contributed by atoms with Gasteiger partial charge in [0.05, 0.1) is 46.6 Å². The maximum atomic E-state index is 11.1. The average molecular weight is 499 g/mol. The summed E-state index contributed by atoms with van der Waals surface area (Å²) in [5.41, 5.74) is 3.62. The van der Waals surface area contributed by atoms with Crippen LogP contribution in [0, 0.1) is 10.1 Å². The number of benzene rings is 1. The molecule has 5 rings (SSSR count). The molecule has 0 amide bonds. The van der Waals surface area contributed by atoms with Crippen LogP contribution in [-0.4, -0.2) is 56.6 Å². The molecule has 0 spiro atoms. The fourth-order valence-corrected chi connectivity index (χ4v) is 3.60. The Hall–Kier alpha value is -4.97. The molecule has 0 saturated heterocycles. The van der Waals surface area contributed by atoms with Gasteiger partial charge in [-0.1, -0.05) is 12.1 Å². The van der Waals surface area contributed by atoms with Crippen LogP contribution in [0.4, 0.5) is 11.4 Å². The molecular formula is C25H21N7O5. The molecule has 0 fully saturated rings. The highest BCUT2D eigenvalue weighted by molar-refractivity contribution is 5.93. The third-order valence-corrected chi connectivity index (χ3v) is 5.30. The molecule has 0 atom stereocenters. The molecule has 0 bridgehead atoms. The Balaban J connectivity index is 1.16. The van der Waals surface area contributed by atoms with Gasteiger partial charge >= 0.3 is 5.69 Å². The van der Waals surface area contributed by atoms with Gasteiger partial charge < -0.3 is 14.8 Å². The van der Waals surface area contributed by atoms with Gasteiger partial charge in [-0.15, -0.1) is 0 Å². The highest BCUT2D eigenvalue weighted by atomic mass is 16.6. The first-order valence-corrected chi connectivity index (χ1v) is 11.4. The Kier molecular flexibility index (Phi) is 7.18. The lowest BCUT2D eigenvalue weighted by atomic mass is 10.2. The maximum Gasteiger partial charge on any atom is 0.300 e. The topological polar surface area (TPSA) is 151 Å². The third kappa shape index (κ3) is 5.65. The van der Waals surface area contributed by atoms with E-state index in [1.54, 1.807) is 18.5 Å². The molecule has 0 saturated carbocycles. The van der Waals surface area contributed by atoms with Crippen molar-refractivity contribution in [2.75, 3.05) is 31.7 Å². The highest BCUT2D eigenvalue weighted by Gasteiger charge is 2.19. The summed E-state index contributed by atoms with van der Waals surface area (Å²) in [5.74, 6) is 0.629. The zero-order chi connectivity index (χ0) is 25.5. The number of nitrogens with one attached hydrogen (secondary N) is 1. The Morgan fingerprint density at radius 1 is 0.838 bits per heavy atom. The van der Waals surface area contributed by atoms with E-state index in [0.29, 0.717) is 54.7 Å². The van der Waals surface area contributed by atoms with Crippen LogP contribution in [-0.2, 0) is 4.74 Å².